The highest BCUT2D eigenvalue weighted by Crippen LogP contribution is 2.53. The molecule has 1 rings (SSSR count). The Balaban J connectivity index is 2.59. The molecule has 0 aromatic heterocycles. The molecule has 0 radical (unpaired) electrons. The monoisotopic (exact) mass is 227 g/mol. The third-order valence-corrected chi connectivity index (χ3v) is 4.10. The van der Waals surface area contributed by atoms with E-state index in [0.717, 1.165) is 0 Å². The van der Waals surface area contributed by atoms with E-state index in [4.69, 9.17) is 5.26 Å². The molecule has 1 aliphatic rings. The summed E-state index contributed by atoms with van der Waals surface area (Å²) in [5, 5.41) is 8.72. The molecule has 1 unspecified atom stereocenters. The molecule has 1 nitrogen and oxygen atoms in total. The maximum absolute atomic E-state index is 8.72. The van der Waals surface area contributed by atoms with Crippen LogP contribution in [0.2, 0.25) is 0 Å². The largest absolute Gasteiger partial charge is 0.198 e. The Morgan fingerprint density at radius 2 is 2.17 bits per heavy atom. The Labute approximate surface area is 82.6 Å². The zero-order chi connectivity index (χ0) is 9.35. The summed E-state index contributed by atoms with van der Waals surface area (Å²) in [4.78, 5) is 0.162. The summed E-state index contributed by atoms with van der Waals surface area (Å²) < 4.78 is 0. The lowest BCUT2D eigenvalue weighted by molar-refractivity contribution is 0.615. The van der Waals surface area contributed by atoms with Gasteiger partial charge in [0.1, 0.15) is 0 Å². The fraction of sp³-hybridized carbons (Fsp3) is 0.700. The number of nitriles is 1. The van der Waals surface area contributed by atoms with E-state index in [1.807, 2.05) is 6.92 Å². The lowest BCUT2D eigenvalue weighted by Crippen LogP contribution is -2.16. The van der Waals surface area contributed by atoms with Gasteiger partial charge in [-0.15, -0.1) is 0 Å². The quantitative estimate of drug-likeness (QED) is 0.537. The number of rotatable bonds is 3. The fourth-order valence-corrected chi connectivity index (χ4v) is 1.88. The first-order chi connectivity index (χ1) is 5.51. The lowest BCUT2D eigenvalue weighted by Gasteiger charge is -2.20. The molecule has 1 saturated carbocycles. The predicted molar refractivity (Wildman–Crippen MR) is 54.0 cm³/mol. The second-order valence-electron chi connectivity index (χ2n) is 3.91. The fourth-order valence-electron chi connectivity index (χ4n) is 1.21. The van der Waals surface area contributed by atoms with E-state index in [1.54, 1.807) is 0 Å². The van der Waals surface area contributed by atoms with Gasteiger partial charge in [-0.05, 0) is 25.2 Å². The number of hydrogen-bond donors (Lipinski definition) is 0. The molecule has 0 aromatic rings. The highest BCUT2D eigenvalue weighted by atomic mass is 79.9. The van der Waals surface area contributed by atoms with Crippen molar-refractivity contribution in [3.05, 3.63) is 12.2 Å². The molecule has 2 atom stereocenters. The van der Waals surface area contributed by atoms with Crippen LogP contribution < -0.4 is 0 Å². The average Bonchev–Trinajstić information content (AvgIpc) is 2.81. The van der Waals surface area contributed by atoms with Crippen molar-refractivity contribution in [1.82, 2.24) is 0 Å². The lowest BCUT2D eigenvalue weighted by atomic mass is 9.91. The van der Waals surface area contributed by atoms with Gasteiger partial charge in [0.05, 0.1) is 16.8 Å². The minimum atomic E-state index is 0.0231. The third-order valence-electron chi connectivity index (χ3n) is 2.75. The Kier molecular flexibility index (Phi) is 2.63. The molecule has 2 heteroatoms. The summed E-state index contributed by atoms with van der Waals surface area (Å²) in [6.45, 7) is 8.20. The van der Waals surface area contributed by atoms with Gasteiger partial charge in [-0.1, -0.05) is 35.0 Å². The van der Waals surface area contributed by atoms with E-state index in [2.05, 4.69) is 35.5 Å². The van der Waals surface area contributed by atoms with Crippen LogP contribution in [0.1, 0.15) is 26.7 Å². The van der Waals surface area contributed by atoms with Crippen LogP contribution in [0.3, 0.4) is 0 Å². The molecule has 0 aromatic carbocycles. The average molecular weight is 228 g/mol. The molecule has 0 amide bonds. The Hall–Kier alpha value is -0.290. The standard InChI is InChI=1S/C10H14BrN/c1-7(6-12)9(11)8(2)10(3)4-5-10/h7,9H,2,4-5H2,1,3H3/t7-,9?/m0/s1. The highest BCUT2D eigenvalue weighted by molar-refractivity contribution is 9.09. The van der Waals surface area contributed by atoms with Gasteiger partial charge in [0, 0.05) is 0 Å². The second kappa shape index (κ2) is 3.22. The number of hydrogen-bond acceptors (Lipinski definition) is 1. The van der Waals surface area contributed by atoms with Crippen molar-refractivity contribution in [3.8, 4) is 6.07 Å². The Morgan fingerprint density at radius 1 is 1.67 bits per heavy atom. The first-order valence-electron chi connectivity index (χ1n) is 4.24. The normalized spacial score (nSPS) is 23.8. The molecule has 0 heterocycles. The SMILES string of the molecule is C=C(C(Br)[C@@H](C)C#N)C1(C)CC1. The maximum atomic E-state index is 8.72. The predicted octanol–water partition coefficient (Wildman–Crippen LogP) is 3.27. The summed E-state index contributed by atoms with van der Waals surface area (Å²) in [6, 6.07) is 2.24. The molecular formula is C10H14BrN. The van der Waals surface area contributed by atoms with Crippen LogP contribution in [-0.2, 0) is 0 Å². The van der Waals surface area contributed by atoms with Gasteiger partial charge in [0.25, 0.3) is 0 Å². The van der Waals surface area contributed by atoms with E-state index in [0.29, 0.717) is 5.41 Å². The van der Waals surface area contributed by atoms with Gasteiger partial charge >= 0.3 is 0 Å². The summed E-state index contributed by atoms with van der Waals surface area (Å²) in [5.74, 6) is 0.0231. The first kappa shape index (κ1) is 9.80. The molecule has 1 fully saturated rings. The Morgan fingerprint density at radius 3 is 2.50 bits per heavy atom. The second-order valence-corrected chi connectivity index (χ2v) is 4.89. The number of halogens is 1. The van der Waals surface area contributed by atoms with Gasteiger partial charge in [0.2, 0.25) is 0 Å². The van der Waals surface area contributed by atoms with Crippen LogP contribution >= 0.6 is 15.9 Å². The molecule has 1 aliphatic carbocycles. The topological polar surface area (TPSA) is 23.8 Å². The van der Waals surface area contributed by atoms with Gasteiger partial charge in [-0.3, -0.25) is 0 Å². The van der Waals surface area contributed by atoms with Crippen LogP contribution in [0.25, 0.3) is 0 Å². The third kappa shape index (κ3) is 1.72. The summed E-state index contributed by atoms with van der Waals surface area (Å²) >= 11 is 3.52. The van der Waals surface area contributed by atoms with Crippen LogP contribution in [0.5, 0.6) is 0 Å². The zero-order valence-corrected chi connectivity index (χ0v) is 9.19. The highest BCUT2D eigenvalue weighted by Gasteiger charge is 2.43. The molecule has 0 aliphatic heterocycles. The van der Waals surface area contributed by atoms with Gasteiger partial charge in [-0.2, -0.15) is 5.26 Å². The van der Waals surface area contributed by atoms with E-state index in [-0.39, 0.29) is 10.7 Å². The number of alkyl halides is 1. The minimum Gasteiger partial charge on any atom is -0.198 e. The van der Waals surface area contributed by atoms with Crippen LogP contribution in [-0.4, -0.2) is 4.83 Å². The minimum absolute atomic E-state index is 0.0231. The first-order valence-corrected chi connectivity index (χ1v) is 5.16. The molecule has 66 valence electrons. The van der Waals surface area contributed by atoms with Gasteiger partial charge < -0.3 is 0 Å². The molecule has 0 saturated heterocycles. The smallest absolute Gasteiger partial charge is 0.0668 e. The summed E-state index contributed by atoms with van der Waals surface area (Å²) in [5.41, 5.74) is 1.51. The van der Waals surface area contributed by atoms with Crippen molar-refractivity contribution in [2.24, 2.45) is 11.3 Å². The van der Waals surface area contributed by atoms with Gasteiger partial charge in [0.15, 0.2) is 0 Å². The summed E-state index contributed by atoms with van der Waals surface area (Å²) in [6.07, 6.45) is 2.46. The zero-order valence-electron chi connectivity index (χ0n) is 7.60. The van der Waals surface area contributed by atoms with E-state index < -0.39 is 0 Å². The number of allylic oxidation sites excluding steroid dienone is 1. The molecule has 0 spiro atoms. The maximum Gasteiger partial charge on any atom is 0.0668 e. The molecule has 12 heavy (non-hydrogen) atoms. The Bertz CT molecular complexity index is 235. The van der Waals surface area contributed by atoms with E-state index >= 15 is 0 Å². The van der Waals surface area contributed by atoms with Crippen molar-refractivity contribution in [2.45, 2.75) is 31.5 Å². The van der Waals surface area contributed by atoms with Crippen molar-refractivity contribution >= 4 is 15.9 Å². The van der Waals surface area contributed by atoms with E-state index in [9.17, 15) is 0 Å². The van der Waals surface area contributed by atoms with Crippen LogP contribution in [0.4, 0.5) is 0 Å². The summed E-state index contributed by atoms with van der Waals surface area (Å²) in [7, 11) is 0. The van der Waals surface area contributed by atoms with Crippen molar-refractivity contribution in [3.63, 3.8) is 0 Å². The van der Waals surface area contributed by atoms with Crippen LogP contribution in [0, 0.1) is 22.7 Å². The molecule has 0 bridgehead atoms. The van der Waals surface area contributed by atoms with Gasteiger partial charge in [-0.25, -0.2) is 0 Å². The van der Waals surface area contributed by atoms with Crippen molar-refractivity contribution in [2.75, 3.05) is 0 Å². The van der Waals surface area contributed by atoms with Crippen LogP contribution in [0.15, 0.2) is 12.2 Å². The van der Waals surface area contributed by atoms with Crippen molar-refractivity contribution in [1.29, 1.82) is 5.26 Å². The number of nitrogens with zero attached hydrogens (tertiary/aromatic N) is 1. The van der Waals surface area contributed by atoms with E-state index in [1.165, 1.54) is 18.4 Å². The molecular weight excluding hydrogens is 214 g/mol. The molecule has 0 N–H and O–H groups in total. The van der Waals surface area contributed by atoms with Crippen molar-refractivity contribution < 1.29 is 0 Å².